The molecule has 2 aromatic rings. The second kappa shape index (κ2) is 6.04. The fourth-order valence-electron chi connectivity index (χ4n) is 4.86. The van der Waals surface area contributed by atoms with Crippen LogP contribution in [0.4, 0.5) is 16.2 Å². The van der Waals surface area contributed by atoms with Crippen LogP contribution in [0.2, 0.25) is 0 Å². The number of carboxylic acid groups (broad SMARTS) is 1. The van der Waals surface area contributed by atoms with Crippen LogP contribution in [0.25, 0.3) is 10.9 Å². The third kappa shape index (κ3) is 2.31. The number of aromatic nitrogens is 1. The average Bonchev–Trinajstić information content (AvgIpc) is 3.27. The quantitative estimate of drug-likeness (QED) is 0.739. The molecule has 6 rings (SSSR count). The zero-order valence-corrected chi connectivity index (χ0v) is 15.7. The van der Waals surface area contributed by atoms with E-state index in [1.54, 1.807) is 6.26 Å². The predicted molar refractivity (Wildman–Crippen MR) is 107 cm³/mol. The molecule has 29 heavy (non-hydrogen) atoms. The summed E-state index contributed by atoms with van der Waals surface area (Å²) in [6, 6.07) is 7.95. The van der Waals surface area contributed by atoms with Crippen LogP contribution in [-0.2, 0) is 4.74 Å². The van der Waals surface area contributed by atoms with Crippen molar-refractivity contribution in [3.8, 4) is 5.88 Å². The van der Waals surface area contributed by atoms with Crippen molar-refractivity contribution in [3.05, 3.63) is 48.1 Å². The number of ether oxygens (including phenoxy) is 2. The van der Waals surface area contributed by atoms with Gasteiger partial charge in [-0.2, -0.15) is 0 Å². The Bertz CT molecular complexity index is 1090. The third-order valence-electron chi connectivity index (χ3n) is 6.07. The van der Waals surface area contributed by atoms with E-state index in [4.69, 9.17) is 14.5 Å². The van der Waals surface area contributed by atoms with Crippen LogP contribution in [0, 0.1) is 0 Å². The van der Waals surface area contributed by atoms with E-state index in [-0.39, 0.29) is 6.04 Å². The second-order valence-corrected chi connectivity index (χ2v) is 7.57. The average molecular weight is 392 g/mol. The van der Waals surface area contributed by atoms with E-state index < -0.39 is 6.09 Å². The van der Waals surface area contributed by atoms with Crippen molar-refractivity contribution in [2.45, 2.75) is 12.5 Å². The maximum Gasteiger partial charge on any atom is 0.407 e. The fourth-order valence-corrected chi connectivity index (χ4v) is 4.86. The number of benzene rings is 1. The molecule has 0 spiro atoms. The lowest BCUT2D eigenvalue weighted by molar-refractivity contribution is 0.136. The molecule has 5 heterocycles. The number of rotatable bonds is 0. The molecule has 148 valence electrons. The van der Waals surface area contributed by atoms with E-state index in [1.165, 1.54) is 4.90 Å². The van der Waals surface area contributed by atoms with Gasteiger partial charge in [-0.1, -0.05) is 18.2 Å². The van der Waals surface area contributed by atoms with Gasteiger partial charge in [-0.15, -0.1) is 0 Å². The molecule has 1 aromatic carbocycles. The molecule has 1 unspecified atom stereocenters. The van der Waals surface area contributed by atoms with Gasteiger partial charge in [0.05, 0.1) is 42.3 Å². The highest BCUT2D eigenvalue weighted by Crippen LogP contribution is 2.51. The van der Waals surface area contributed by atoms with E-state index >= 15 is 0 Å². The first-order valence-electron chi connectivity index (χ1n) is 9.84. The number of para-hydroxylation sites is 1. The molecule has 1 fully saturated rings. The van der Waals surface area contributed by atoms with Crippen molar-refractivity contribution in [1.82, 2.24) is 9.88 Å². The lowest BCUT2D eigenvalue weighted by Gasteiger charge is -2.51. The van der Waals surface area contributed by atoms with Crippen LogP contribution >= 0.6 is 0 Å². The van der Waals surface area contributed by atoms with Gasteiger partial charge in [0.15, 0.2) is 0 Å². The summed E-state index contributed by atoms with van der Waals surface area (Å²) in [5, 5.41) is 10.7. The van der Waals surface area contributed by atoms with Gasteiger partial charge in [0, 0.05) is 24.9 Å². The van der Waals surface area contributed by atoms with Crippen molar-refractivity contribution < 1.29 is 19.4 Å². The lowest BCUT2D eigenvalue weighted by atomic mass is 9.96. The van der Waals surface area contributed by atoms with Gasteiger partial charge in [-0.25, -0.2) is 9.78 Å². The fraction of sp³-hybridized carbons (Fsp3) is 0.333. The number of nitrogens with zero attached hydrogens (tertiary/aromatic N) is 4. The molecule has 0 saturated carbocycles. The summed E-state index contributed by atoms with van der Waals surface area (Å²) < 4.78 is 11.8. The summed E-state index contributed by atoms with van der Waals surface area (Å²) in [5.41, 5.74) is 3.95. The van der Waals surface area contributed by atoms with E-state index in [2.05, 4.69) is 15.9 Å². The number of fused-ring (bicyclic) bond motifs is 4. The van der Waals surface area contributed by atoms with E-state index in [9.17, 15) is 9.90 Å². The monoisotopic (exact) mass is 392 g/mol. The summed E-state index contributed by atoms with van der Waals surface area (Å²) in [5.74, 6) is 1.51. The Labute approximate surface area is 167 Å². The molecule has 1 N–H and O–H groups in total. The molecular weight excluding hydrogens is 372 g/mol. The molecule has 1 amide bonds. The van der Waals surface area contributed by atoms with Crippen LogP contribution in [0.1, 0.15) is 6.42 Å². The van der Waals surface area contributed by atoms with Gasteiger partial charge in [0.2, 0.25) is 5.88 Å². The SMILES string of the molecule is O=C(O)N1CCN2c3c4c(nc5ccccc35)OCCN4C(=C3CC=CO3)C2C1. The molecule has 8 heteroatoms. The molecular formula is C21H20N4O4. The van der Waals surface area contributed by atoms with Crippen LogP contribution in [-0.4, -0.2) is 59.9 Å². The topological polar surface area (TPSA) is 78.4 Å². The smallest absolute Gasteiger partial charge is 0.407 e. The largest absolute Gasteiger partial charge is 0.474 e. The molecule has 0 radical (unpaired) electrons. The number of piperazine rings is 1. The van der Waals surface area contributed by atoms with E-state index in [0.717, 1.165) is 33.7 Å². The number of carbonyl (C=O) groups is 1. The minimum Gasteiger partial charge on any atom is -0.474 e. The molecule has 1 aromatic heterocycles. The van der Waals surface area contributed by atoms with E-state index in [0.29, 0.717) is 45.1 Å². The zero-order chi connectivity index (χ0) is 19.5. The minimum atomic E-state index is -0.882. The van der Waals surface area contributed by atoms with Gasteiger partial charge in [-0.3, -0.25) is 0 Å². The van der Waals surface area contributed by atoms with Crippen LogP contribution in [0.5, 0.6) is 5.88 Å². The molecule has 8 nitrogen and oxygen atoms in total. The summed E-state index contributed by atoms with van der Waals surface area (Å²) in [6.07, 6.45) is 3.52. The summed E-state index contributed by atoms with van der Waals surface area (Å²) in [6.45, 7) is 2.67. The Kier molecular flexibility index (Phi) is 3.44. The Balaban J connectivity index is 1.62. The van der Waals surface area contributed by atoms with Crippen molar-refractivity contribution in [2.75, 3.05) is 42.6 Å². The van der Waals surface area contributed by atoms with Crippen LogP contribution < -0.4 is 14.5 Å². The van der Waals surface area contributed by atoms with E-state index in [1.807, 2.05) is 24.3 Å². The number of hydrogen-bond acceptors (Lipinski definition) is 6. The summed E-state index contributed by atoms with van der Waals surface area (Å²) >= 11 is 0. The molecule has 1 atom stereocenters. The normalized spacial score (nSPS) is 24.8. The predicted octanol–water partition coefficient (Wildman–Crippen LogP) is 2.76. The first-order chi connectivity index (χ1) is 14.2. The maximum absolute atomic E-state index is 11.7. The van der Waals surface area contributed by atoms with Gasteiger partial charge in [0.25, 0.3) is 0 Å². The molecule has 4 aliphatic heterocycles. The number of pyridine rings is 1. The van der Waals surface area contributed by atoms with Crippen molar-refractivity contribution in [3.63, 3.8) is 0 Å². The van der Waals surface area contributed by atoms with Crippen molar-refractivity contribution >= 4 is 28.4 Å². The number of hydrogen-bond donors (Lipinski definition) is 1. The Hall–Kier alpha value is -3.42. The maximum atomic E-state index is 11.7. The van der Waals surface area contributed by atoms with Gasteiger partial charge in [-0.05, 0) is 12.1 Å². The molecule has 4 aliphatic rings. The van der Waals surface area contributed by atoms with Gasteiger partial charge in [0.1, 0.15) is 18.1 Å². The molecule has 1 saturated heterocycles. The highest BCUT2D eigenvalue weighted by atomic mass is 16.5. The highest BCUT2D eigenvalue weighted by molar-refractivity contribution is 6.03. The van der Waals surface area contributed by atoms with Crippen LogP contribution in [0.3, 0.4) is 0 Å². The van der Waals surface area contributed by atoms with Gasteiger partial charge >= 0.3 is 6.09 Å². The van der Waals surface area contributed by atoms with Gasteiger partial charge < -0.3 is 29.3 Å². The highest BCUT2D eigenvalue weighted by Gasteiger charge is 2.45. The van der Waals surface area contributed by atoms with Crippen molar-refractivity contribution in [1.29, 1.82) is 0 Å². The number of allylic oxidation sites excluding steroid dienone is 1. The number of anilines is 2. The van der Waals surface area contributed by atoms with Crippen LogP contribution in [0.15, 0.2) is 48.1 Å². The first kappa shape index (κ1) is 16.5. The summed E-state index contributed by atoms with van der Waals surface area (Å²) in [4.78, 5) is 22.6. The zero-order valence-electron chi connectivity index (χ0n) is 15.7. The Morgan fingerprint density at radius 1 is 1.17 bits per heavy atom. The molecule has 0 aliphatic carbocycles. The molecule has 0 bridgehead atoms. The summed E-state index contributed by atoms with van der Waals surface area (Å²) in [7, 11) is 0. The third-order valence-corrected chi connectivity index (χ3v) is 6.07. The minimum absolute atomic E-state index is 0.112. The second-order valence-electron chi connectivity index (χ2n) is 7.57. The van der Waals surface area contributed by atoms with Crippen molar-refractivity contribution in [2.24, 2.45) is 0 Å². The standard InChI is InChI=1S/C21H20N4O4/c26-21(27)23-7-8-24-15(12-23)18(16-6-3-10-28-16)25-9-11-29-20-19(25)17(24)13-4-1-2-5-14(13)22-20/h1-5,10,15H,6-9,11-12H2,(H,26,27). The lowest BCUT2D eigenvalue weighted by Crippen LogP contribution is -2.60. The number of amides is 1. The Morgan fingerprint density at radius 2 is 2.07 bits per heavy atom. The first-order valence-corrected chi connectivity index (χ1v) is 9.84. The Morgan fingerprint density at radius 3 is 2.90 bits per heavy atom.